The maximum Gasteiger partial charge on any atom is 0.285 e. The first-order chi connectivity index (χ1) is 10.7. The summed E-state index contributed by atoms with van der Waals surface area (Å²) in [4.78, 5) is 4.45. The van der Waals surface area contributed by atoms with Crippen molar-refractivity contribution in [2.45, 2.75) is 76.1 Å². The van der Waals surface area contributed by atoms with Gasteiger partial charge in [0.1, 0.15) is 6.61 Å². The molecule has 0 amide bonds. The molecule has 0 aromatic heterocycles. The summed E-state index contributed by atoms with van der Waals surface area (Å²) in [6, 6.07) is 1.28. The molecule has 2 saturated carbocycles. The molecular weight excluding hydrogens is 296 g/mol. The molecule has 3 aliphatic rings. The number of nitrogens with zero attached hydrogens (tertiary/aromatic N) is 1. The van der Waals surface area contributed by atoms with Crippen LogP contribution in [0.3, 0.4) is 0 Å². The van der Waals surface area contributed by atoms with E-state index in [9.17, 15) is 0 Å². The maximum absolute atomic E-state index is 6.45. The normalized spacial score (nSPS) is 37.3. The first kappa shape index (κ1) is 16.4. The topological polar surface area (TPSA) is 33.6 Å². The summed E-state index contributed by atoms with van der Waals surface area (Å²) >= 11 is 6.45. The lowest BCUT2D eigenvalue weighted by Crippen LogP contribution is -2.44. The lowest BCUT2D eigenvalue weighted by atomic mass is 9.75. The number of hydrogen-bond donors (Lipinski definition) is 1. The fourth-order valence-electron chi connectivity index (χ4n) is 4.61. The Morgan fingerprint density at radius 1 is 1.23 bits per heavy atom. The Morgan fingerprint density at radius 3 is 2.82 bits per heavy atom. The number of nitrogens with one attached hydrogen (secondary N) is 1. The number of alkyl halides is 1. The number of ether oxygens (including phenoxy) is 1. The summed E-state index contributed by atoms with van der Waals surface area (Å²) < 4.78 is 5.62. The van der Waals surface area contributed by atoms with Gasteiger partial charge in [-0.2, -0.15) is 0 Å². The van der Waals surface area contributed by atoms with Crippen LogP contribution >= 0.6 is 11.6 Å². The average Bonchev–Trinajstić information content (AvgIpc) is 3.00. The molecule has 0 aromatic rings. The van der Waals surface area contributed by atoms with Crippen molar-refractivity contribution in [3.8, 4) is 0 Å². The number of halogens is 1. The molecule has 0 aromatic carbocycles. The minimum atomic E-state index is 0.361. The highest BCUT2D eigenvalue weighted by Gasteiger charge is 2.32. The van der Waals surface area contributed by atoms with Crippen LogP contribution in [0.1, 0.15) is 64.7 Å². The van der Waals surface area contributed by atoms with E-state index in [0.29, 0.717) is 17.3 Å². The summed E-state index contributed by atoms with van der Waals surface area (Å²) in [6.45, 7) is 3.95. The molecule has 2 fully saturated rings. The van der Waals surface area contributed by atoms with Crippen molar-refractivity contribution in [3.63, 3.8) is 0 Å². The highest BCUT2D eigenvalue weighted by atomic mass is 35.5. The van der Waals surface area contributed by atoms with E-state index in [1.165, 1.54) is 51.4 Å². The molecule has 0 bridgehead atoms. The molecule has 2 aliphatic carbocycles. The van der Waals surface area contributed by atoms with Crippen LogP contribution in [0, 0.1) is 17.8 Å². The molecule has 3 nitrogen and oxygen atoms in total. The monoisotopic (exact) mass is 326 g/mol. The SMILES string of the molecule is CC1CCCC(CC(NC2=NCCO2)C2CCCC(Cl)C2)C1. The van der Waals surface area contributed by atoms with Crippen molar-refractivity contribution >= 4 is 17.6 Å². The van der Waals surface area contributed by atoms with Gasteiger partial charge in [0.05, 0.1) is 6.54 Å². The van der Waals surface area contributed by atoms with E-state index in [-0.39, 0.29) is 0 Å². The predicted octanol–water partition coefficient (Wildman–Crippen LogP) is 4.34. The Labute approximate surface area is 140 Å². The van der Waals surface area contributed by atoms with Gasteiger partial charge in [0.2, 0.25) is 0 Å². The molecule has 4 heteroatoms. The van der Waals surface area contributed by atoms with E-state index in [1.54, 1.807) is 0 Å². The zero-order valence-electron chi connectivity index (χ0n) is 13.9. The highest BCUT2D eigenvalue weighted by Crippen LogP contribution is 2.36. The summed E-state index contributed by atoms with van der Waals surface area (Å²) in [5, 5.41) is 4.00. The first-order valence-electron chi connectivity index (χ1n) is 9.28. The number of hydrogen-bond acceptors (Lipinski definition) is 3. The van der Waals surface area contributed by atoms with Gasteiger partial charge in [-0.1, -0.05) is 32.6 Å². The molecule has 5 unspecified atom stereocenters. The Bertz CT molecular complexity index is 387. The Kier molecular flexibility index (Phi) is 5.89. The van der Waals surface area contributed by atoms with Crippen LogP contribution in [0.4, 0.5) is 0 Å². The van der Waals surface area contributed by atoms with Crippen LogP contribution in [0.15, 0.2) is 4.99 Å². The molecule has 0 radical (unpaired) electrons. The van der Waals surface area contributed by atoms with Crippen LogP contribution < -0.4 is 5.32 Å². The van der Waals surface area contributed by atoms with Gasteiger partial charge < -0.3 is 10.1 Å². The fraction of sp³-hybridized carbons (Fsp3) is 0.944. The van der Waals surface area contributed by atoms with E-state index >= 15 is 0 Å². The van der Waals surface area contributed by atoms with Crippen molar-refractivity contribution in [3.05, 3.63) is 0 Å². The van der Waals surface area contributed by atoms with Gasteiger partial charge >= 0.3 is 0 Å². The van der Waals surface area contributed by atoms with Gasteiger partial charge in [0.15, 0.2) is 0 Å². The van der Waals surface area contributed by atoms with Crippen molar-refractivity contribution in [1.29, 1.82) is 0 Å². The van der Waals surface area contributed by atoms with Gasteiger partial charge in [0, 0.05) is 11.4 Å². The Morgan fingerprint density at radius 2 is 2.09 bits per heavy atom. The third kappa shape index (κ3) is 4.53. The second-order valence-corrected chi connectivity index (χ2v) is 8.30. The van der Waals surface area contributed by atoms with Gasteiger partial charge in [0.25, 0.3) is 6.02 Å². The van der Waals surface area contributed by atoms with Crippen LogP contribution in [-0.4, -0.2) is 30.6 Å². The molecular formula is C18H31ClN2O. The fourth-order valence-corrected chi connectivity index (χ4v) is 5.00. The van der Waals surface area contributed by atoms with E-state index in [1.807, 2.05) is 0 Å². The molecule has 0 saturated heterocycles. The molecule has 1 N–H and O–H groups in total. The lowest BCUT2D eigenvalue weighted by molar-refractivity contribution is 0.199. The zero-order chi connectivity index (χ0) is 15.4. The number of amidine groups is 1. The third-order valence-corrected chi connectivity index (χ3v) is 6.14. The van der Waals surface area contributed by atoms with Crippen LogP contribution in [0.25, 0.3) is 0 Å². The molecule has 3 rings (SSSR count). The summed E-state index contributed by atoms with van der Waals surface area (Å²) in [5.74, 6) is 2.44. The van der Waals surface area contributed by atoms with E-state index in [2.05, 4.69) is 17.2 Å². The highest BCUT2D eigenvalue weighted by molar-refractivity contribution is 6.20. The molecule has 0 spiro atoms. The smallest absolute Gasteiger partial charge is 0.285 e. The molecule has 5 atom stereocenters. The van der Waals surface area contributed by atoms with E-state index in [0.717, 1.165) is 37.4 Å². The second kappa shape index (κ2) is 7.90. The number of aliphatic imine (C=N–C) groups is 1. The van der Waals surface area contributed by atoms with E-state index in [4.69, 9.17) is 16.3 Å². The molecule has 1 heterocycles. The van der Waals surface area contributed by atoms with Crippen LogP contribution in [0.5, 0.6) is 0 Å². The van der Waals surface area contributed by atoms with Crippen LogP contribution in [0.2, 0.25) is 0 Å². The van der Waals surface area contributed by atoms with Gasteiger partial charge in [-0.3, -0.25) is 0 Å². The van der Waals surface area contributed by atoms with Gasteiger partial charge in [-0.25, -0.2) is 4.99 Å². The van der Waals surface area contributed by atoms with Crippen molar-refractivity contribution in [2.75, 3.05) is 13.2 Å². The zero-order valence-corrected chi connectivity index (χ0v) is 14.7. The van der Waals surface area contributed by atoms with Crippen molar-refractivity contribution < 1.29 is 4.74 Å². The van der Waals surface area contributed by atoms with Crippen LogP contribution in [-0.2, 0) is 4.74 Å². The number of rotatable bonds is 4. The molecule has 126 valence electrons. The lowest BCUT2D eigenvalue weighted by Gasteiger charge is -2.37. The van der Waals surface area contributed by atoms with Crippen molar-refractivity contribution in [1.82, 2.24) is 5.32 Å². The van der Waals surface area contributed by atoms with Gasteiger partial charge in [-0.15, -0.1) is 11.6 Å². The average molecular weight is 327 g/mol. The standard InChI is InChI=1S/C18H31ClN2O/c1-13-4-2-5-14(10-13)11-17(21-18-20-8-9-22-18)15-6-3-7-16(19)12-15/h13-17H,2-12H2,1H3,(H,20,21). The quantitative estimate of drug-likeness (QED) is 0.779. The Balaban J connectivity index is 1.62. The summed E-state index contributed by atoms with van der Waals surface area (Å²) in [6.07, 6.45) is 11.8. The van der Waals surface area contributed by atoms with Gasteiger partial charge in [-0.05, 0) is 49.9 Å². The third-order valence-electron chi connectivity index (χ3n) is 5.75. The Hall–Kier alpha value is -0.440. The minimum absolute atomic E-state index is 0.361. The minimum Gasteiger partial charge on any atom is -0.463 e. The summed E-state index contributed by atoms with van der Waals surface area (Å²) in [7, 11) is 0. The largest absolute Gasteiger partial charge is 0.463 e. The molecule has 22 heavy (non-hydrogen) atoms. The predicted molar refractivity (Wildman–Crippen MR) is 92.5 cm³/mol. The van der Waals surface area contributed by atoms with Crippen molar-refractivity contribution in [2.24, 2.45) is 22.7 Å². The molecule has 1 aliphatic heterocycles. The second-order valence-electron chi connectivity index (χ2n) is 7.68. The maximum atomic E-state index is 6.45. The van der Waals surface area contributed by atoms with E-state index < -0.39 is 0 Å². The summed E-state index contributed by atoms with van der Waals surface area (Å²) in [5.41, 5.74) is 0. The first-order valence-corrected chi connectivity index (χ1v) is 9.72.